The Hall–Kier alpha value is -3.23. The standard InChI is InChI=1S/C19H13F5N2O2/c1-2-26-9-12(18(28)25-16-13(20)4-3-5-14(16)21)17(27)11-8-10(19(22,23)24)6-7-15(11)26/h3-9H,2H2,1H3,(H,25,28). The molecule has 0 radical (unpaired) electrons. The van der Waals surface area contributed by atoms with E-state index in [2.05, 4.69) is 0 Å². The fraction of sp³-hybridized carbons (Fsp3) is 0.158. The van der Waals surface area contributed by atoms with Gasteiger partial charge in [0.25, 0.3) is 5.91 Å². The van der Waals surface area contributed by atoms with Crippen molar-refractivity contribution in [1.82, 2.24) is 4.57 Å². The molecule has 1 amide bonds. The lowest BCUT2D eigenvalue weighted by atomic mass is 10.1. The van der Waals surface area contributed by atoms with Gasteiger partial charge in [-0.15, -0.1) is 0 Å². The minimum absolute atomic E-state index is 0.203. The molecule has 0 saturated heterocycles. The number of nitrogens with zero attached hydrogens (tertiary/aromatic N) is 1. The van der Waals surface area contributed by atoms with E-state index in [1.54, 1.807) is 6.92 Å². The molecule has 1 aromatic heterocycles. The van der Waals surface area contributed by atoms with Gasteiger partial charge in [-0.3, -0.25) is 9.59 Å². The number of rotatable bonds is 3. The van der Waals surface area contributed by atoms with Gasteiger partial charge >= 0.3 is 6.18 Å². The first-order chi connectivity index (χ1) is 13.1. The second-order valence-electron chi connectivity index (χ2n) is 5.94. The molecule has 3 rings (SSSR count). The third-order valence-corrected chi connectivity index (χ3v) is 4.19. The summed E-state index contributed by atoms with van der Waals surface area (Å²) >= 11 is 0. The number of aryl methyl sites for hydroxylation is 1. The molecule has 0 aliphatic rings. The number of halogens is 5. The Morgan fingerprint density at radius 2 is 1.75 bits per heavy atom. The van der Waals surface area contributed by atoms with Crippen molar-refractivity contribution in [3.8, 4) is 0 Å². The number of aromatic nitrogens is 1. The van der Waals surface area contributed by atoms with Gasteiger partial charge in [0.2, 0.25) is 5.43 Å². The van der Waals surface area contributed by atoms with Crippen LogP contribution in [0.1, 0.15) is 22.8 Å². The number of pyridine rings is 1. The van der Waals surface area contributed by atoms with Crippen LogP contribution in [0, 0.1) is 11.6 Å². The number of benzene rings is 2. The van der Waals surface area contributed by atoms with E-state index in [-0.39, 0.29) is 17.4 Å². The molecule has 9 heteroatoms. The van der Waals surface area contributed by atoms with Crippen molar-refractivity contribution in [2.45, 2.75) is 19.6 Å². The highest BCUT2D eigenvalue weighted by atomic mass is 19.4. The van der Waals surface area contributed by atoms with Gasteiger partial charge in [-0.1, -0.05) is 6.07 Å². The van der Waals surface area contributed by atoms with E-state index in [0.29, 0.717) is 6.07 Å². The monoisotopic (exact) mass is 396 g/mol. The average molecular weight is 396 g/mol. The van der Waals surface area contributed by atoms with E-state index < -0.39 is 46.0 Å². The van der Waals surface area contributed by atoms with Crippen molar-refractivity contribution < 1.29 is 26.7 Å². The first kappa shape index (κ1) is 19.5. The number of alkyl halides is 3. The number of carbonyl (C=O) groups is 1. The molecule has 2 aromatic carbocycles. The Morgan fingerprint density at radius 1 is 1.11 bits per heavy atom. The lowest BCUT2D eigenvalue weighted by Gasteiger charge is -2.14. The zero-order chi connectivity index (χ0) is 20.6. The molecule has 146 valence electrons. The highest BCUT2D eigenvalue weighted by Crippen LogP contribution is 2.31. The number of hydrogen-bond acceptors (Lipinski definition) is 2. The summed E-state index contributed by atoms with van der Waals surface area (Å²) in [7, 11) is 0. The van der Waals surface area contributed by atoms with E-state index in [0.717, 1.165) is 36.5 Å². The predicted molar refractivity (Wildman–Crippen MR) is 93.2 cm³/mol. The van der Waals surface area contributed by atoms with Gasteiger partial charge in [-0.25, -0.2) is 8.78 Å². The number of amides is 1. The summed E-state index contributed by atoms with van der Waals surface area (Å²) in [6.45, 7) is 1.91. The molecule has 0 bridgehead atoms. The van der Waals surface area contributed by atoms with Crippen LogP contribution in [-0.2, 0) is 12.7 Å². The fourth-order valence-corrected chi connectivity index (χ4v) is 2.80. The smallest absolute Gasteiger partial charge is 0.347 e. The molecule has 1 heterocycles. The van der Waals surface area contributed by atoms with Gasteiger partial charge in [0, 0.05) is 18.1 Å². The molecular weight excluding hydrogens is 383 g/mol. The summed E-state index contributed by atoms with van der Waals surface area (Å²) in [4.78, 5) is 25.1. The molecule has 0 fully saturated rings. The lowest BCUT2D eigenvalue weighted by molar-refractivity contribution is -0.137. The Morgan fingerprint density at radius 3 is 2.32 bits per heavy atom. The maximum atomic E-state index is 13.7. The van der Waals surface area contributed by atoms with Crippen molar-refractivity contribution in [3.63, 3.8) is 0 Å². The molecule has 0 unspecified atom stereocenters. The van der Waals surface area contributed by atoms with E-state index in [1.165, 1.54) is 4.57 Å². The van der Waals surface area contributed by atoms with E-state index >= 15 is 0 Å². The van der Waals surface area contributed by atoms with E-state index in [9.17, 15) is 31.5 Å². The number of fused-ring (bicyclic) bond motifs is 1. The molecular formula is C19H13F5N2O2. The van der Waals surface area contributed by atoms with Crippen molar-refractivity contribution >= 4 is 22.5 Å². The highest BCUT2D eigenvalue weighted by Gasteiger charge is 2.31. The molecule has 1 N–H and O–H groups in total. The first-order valence-electron chi connectivity index (χ1n) is 8.13. The highest BCUT2D eigenvalue weighted by molar-refractivity contribution is 6.05. The van der Waals surface area contributed by atoms with Gasteiger partial charge in [-0.05, 0) is 37.3 Å². The summed E-state index contributed by atoms with van der Waals surface area (Å²) in [5, 5.41) is 1.65. The first-order valence-corrected chi connectivity index (χ1v) is 8.13. The second-order valence-corrected chi connectivity index (χ2v) is 5.94. The Kier molecular flexibility index (Phi) is 4.93. The third kappa shape index (κ3) is 3.47. The van der Waals surface area contributed by atoms with E-state index in [1.807, 2.05) is 5.32 Å². The third-order valence-electron chi connectivity index (χ3n) is 4.19. The van der Waals surface area contributed by atoms with Crippen molar-refractivity contribution in [3.05, 3.63) is 75.6 Å². The average Bonchev–Trinajstić information content (AvgIpc) is 2.64. The zero-order valence-corrected chi connectivity index (χ0v) is 14.4. The van der Waals surface area contributed by atoms with Crippen LogP contribution in [-0.4, -0.2) is 10.5 Å². The molecule has 0 aliphatic carbocycles. The number of anilines is 1. The molecule has 0 spiro atoms. The predicted octanol–water partition coefficient (Wildman–Crippen LogP) is 4.57. The minimum atomic E-state index is -4.67. The van der Waals surface area contributed by atoms with Crippen LogP contribution in [0.3, 0.4) is 0 Å². The normalized spacial score (nSPS) is 11.6. The Bertz CT molecular complexity index is 1120. The quantitative estimate of drug-likeness (QED) is 0.660. The summed E-state index contributed by atoms with van der Waals surface area (Å²) in [5.41, 5.74) is -3.10. The van der Waals surface area contributed by atoms with Crippen LogP contribution < -0.4 is 10.7 Å². The Balaban J connectivity index is 2.16. The van der Waals surface area contributed by atoms with Gasteiger partial charge in [0.15, 0.2) is 0 Å². The topological polar surface area (TPSA) is 51.1 Å². The number of hydrogen-bond donors (Lipinski definition) is 1. The lowest BCUT2D eigenvalue weighted by Crippen LogP contribution is -2.25. The van der Waals surface area contributed by atoms with Crippen LogP contribution in [0.15, 0.2) is 47.4 Å². The van der Waals surface area contributed by atoms with Crippen LogP contribution in [0.5, 0.6) is 0 Å². The maximum absolute atomic E-state index is 13.7. The van der Waals surface area contributed by atoms with Gasteiger partial charge < -0.3 is 9.88 Å². The van der Waals surface area contributed by atoms with Crippen molar-refractivity contribution in [1.29, 1.82) is 0 Å². The Labute approximate surface area is 155 Å². The molecule has 28 heavy (non-hydrogen) atoms. The van der Waals surface area contributed by atoms with E-state index in [4.69, 9.17) is 0 Å². The van der Waals surface area contributed by atoms with Crippen LogP contribution in [0.25, 0.3) is 10.9 Å². The van der Waals surface area contributed by atoms with Crippen molar-refractivity contribution in [2.24, 2.45) is 0 Å². The molecule has 3 aromatic rings. The van der Waals surface area contributed by atoms with Crippen molar-refractivity contribution in [2.75, 3.05) is 5.32 Å². The van der Waals surface area contributed by atoms with Crippen LogP contribution >= 0.6 is 0 Å². The summed E-state index contributed by atoms with van der Waals surface area (Å²) in [5.74, 6) is -3.23. The number of para-hydroxylation sites is 1. The molecule has 4 nitrogen and oxygen atoms in total. The summed E-state index contributed by atoms with van der Waals surface area (Å²) in [6, 6.07) is 5.56. The molecule has 0 atom stereocenters. The fourth-order valence-electron chi connectivity index (χ4n) is 2.80. The number of carbonyl (C=O) groups excluding carboxylic acids is 1. The summed E-state index contributed by atoms with van der Waals surface area (Å²) < 4.78 is 67.9. The minimum Gasteiger partial charge on any atom is -0.347 e. The van der Waals surface area contributed by atoms with Crippen LogP contribution in [0.2, 0.25) is 0 Å². The maximum Gasteiger partial charge on any atom is 0.416 e. The van der Waals surface area contributed by atoms with Crippen LogP contribution in [0.4, 0.5) is 27.6 Å². The second kappa shape index (κ2) is 7.06. The molecule has 0 saturated carbocycles. The molecule has 0 aliphatic heterocycles. The largest absolute Gasteiger partial charge is 0.416 e. The van der Waals surface area contributed by atoms with Gasteiger partial charge in [-0.2, -0.15) is 13.2 Å². The zero-order valence-electron chi connectivity index (χ0n) is 14.4. The SMILES string of the molecule is CCn1cc(C(=O)Nc2c(F)cccc2F)c(=O)c2cc(C(F)(F)F)ccc21. The van der Waals surface area contributed by atoms with Gasteiger partial charge in [0.1, 0.15) is 22.9 Å². The number of nitrogens with one attached hydrogen (secondary N) is 1. The summed E-state index contributed by atoms with van der Waals surface area (Å²) in [6.07, 6.45) is -3.53. The van der Waals surface area contributed by atoms with Gasteiger partial charge in [0.05, 0.1) is 11.1 Å².